The predicted molar refractivity (Wildman–Crippen MR) is 64.3 cm³/mol. The Hall–Kier alpha value is -1.31. The first-order valence-electron chi connectivity index (χ1n) is 5.36. The van der Waals surface area contributed by atoms with Crippen LogP contribution in [-0.2, 0) is 20.1 Å². The Labute approximate surface area is 114 Å². The summed E-state index contributed by atoms with van der Waals surface area (Å²) in [4.78, 5) is 15.8. The van der Waals surface area contributed by atoms with Gasteiger partial charge in [0.05, 0.1) is 5.69 Å². The second-order valence-corrected chi connectivity index (χ2v) is 3.57. The maximum Gasteiger partial charge on any atom is 0.162 e. The van der Waals surface area contributed by atoms with Crippen molar-refractivity contribution in [3.63, 3.8) is 0 Å². The molecular weight excluding hydrogens is 390 g/mol. The van der Waals surface area contributed by atoms with E-state index >= 15 is 0 Å². The van der Waals surface area contributed by atoms with E-state index in [0.717, 1.165) is 16.8 Å². The van der Waals surface area contributed by atoms with Crippen LogP contribution in [0.5, 0.6) is 0 Å². The van der Waals surface area contributed by atoms with Gasteiger partial charge in [-0.2, -0.15) is 0 Å². The number of hydrogen-bond donors (Lipinski definition) is 0. The summed E-state index contributed by atoms with van der Waals surface area (Å²) in [5.41, 5.74) is 2.64. The number of benzene rings is 1. The smallest absolute Gasteiger partial charge is 0.162 e. The van der Waals surface area contributed by atoms with E-state index in [9.17, 15) is 4.79 Å². The van der Waals surface area contributed by atoms with E-state index < -0.39 is 0 Å². The van der Waals surface area contributed by atoms with E-state index in [4.69, 9.17) is 0 Å². The molecule has 2 nitrogen and oxygen atoms in total. The summed E-state index contributed by atoms with van der Waals surface area (Å²) >= 11 is 0. The standard InChI is InChI=1S/C14H13NO.Ir/c1-2-14(16)12-7-5-6-11(10-12)13-8-3-4-9-15-13;/h3-10H,2H2,1H3;. The van der Waals surface area contributed by atoms with Crippen LogP contribution in [0.15, 0.2) is 48.7 Å². The van der Waals surface area contributed by atoms with Gasteiger partial charge in [-0.05, 0) is 18.2 Å². The third-order valence-corrected chi connectivity index (χ3v) is 2.47. The van der Waals surface area contributed by atoms with Crippen LogP contribution in [0.1, 0.15) is 23.7 Å². The molecule has 0 fully saturated rings. The zero-order valence-corrected chi connectivity index (χ0v) is 11.9. The van der Waals surface area contributed by atoms with E-state index in [1.807, 2.05) is 49.4 Å². The number of ketones is 1. The van der Waals surface area contributed by atoms with Crippen molar-refractivity contribution in [3.8, 4) is 11.3 Å². The largest absolute Gasteiger partial charge is 0.294 e. The summed E-state index contributed by atoms with van der Waals surface area (Å²) in [5, 5.41) is 0. The topological polar surface area (TPSA) is 30.0 Å². The average Bonchev–Trinajstić information content (AvgIpc) is 2.39. The summed E-state index contributed by atoms with van der Waals surface area (Å²) in [6, 6.07) is 13.4. The number of hydrogen-bond acceptors (Lipinski definition) is 2. The van der Waals surface area contributed by atoms with Crippen molar-refractivity contribution in [3.05, 3.63) is 54.2 Å². The monoisotopic (exact) mass is 404 g/mol. The van der Waals surface area contributed by atoms with E-state index in [2.05, 4.69) is 4.98 Å². The van der Waals surface area contributed by atoms with Crippen molar-refractivity contribution in [2.75, 3.05) is 0 Å². The Morgan fingerprint density at radius 3 is 2.65 bits per heavy atom. The predicted octanol–water partition coefficient (Wildman–Crippen LogP) is 3.34. The quantitative estimate of drug-likeness (QED) is 0.736. The molecule has 1 aromatic carbocycles. The molecule has 0 N–H and O–H groups in total. The maximum atomic E-state index is 11.6. The third-order valence-electron chi connectivity index (χ3n) is 2.47. The van der Waals surface area contributed by atoms with Gasteiger partial charge in [0.1, 0.15) is 0 Å². The molecule has 1 aromatic heterocycles. The molecule has 1 radical (unpaired) electrons. The van der Waals surface area contributed by atoms with Crippen molar-refractivity contribution in [1.82, 2.24) is 4.98 Å². The van der Waals surface area contributed by atoms with Crippen molar-refractivity contribution >= 4 is 5.78 Å². The van der Waals surface area contributed by atoms with Crippen LogP contribution in [-0.4, -0.2) is 10.8 Å². The number of pyridine rings is 1. The summed E-state index contributed by atoms with van der Waals surface area (Å²) in [5.74, 6) is 0.165. The molecule has 0 bridgehead atoms. The van der Waals surface area contributed by atoms with Gasteiger partial charge in [-0.3, -0.25) is 9.78 Å². The fourth-order valence-corrected chi connectivity index (χ4v) is 1.59. The van der Waals surface area contributed by atoms with Crippen LogP contribution in [0.25, 0.3) is 11.3 Å². The first-order chi connectivity index (χ1) is 7.81. The Balaban J connectivity index is 0.00000144. The molecule has 2 aromatic rings. The zero-order chi connectivity index (χ0) is 11.4. The Morgan fingerprint density at radius 2 is 2.00 bits per heavy atom. The van der Waals surface area contributed by atoms with E-state index in [1.54, 1.807) is 6.20 Å². The maximum absolute atomic E-state index is 11.6. The number of carbonyl (C=O) groups excluding carboxylic acids is 1. The van der Waals surface area contributed by atoms with Crippen LogP contribution in [0, 0.1) is 0 Å². The van der Waals surface area contributed by atoms with E-state index in [0.29, 0.717) is 6.42 Å². The van der Waals surface area contributed by atoms with Gasteiger partial charge in [0.15, 0.2) is 5.78 Å². The Morgan fingerprint density at radius 1 is 1.18 bits per heavy atom. The molecule has 0 aliphatic carbocycles. The van der Waals surface area contributed by atoms with Gasteiger partial charge in [-0.1, -0.05) is 31.2 Å². The van der Waals surface area contributed by atoms with Crippen molar-refractivity contribution in [2.45, 2.75) is 13.3 Å². The molecule has 2 rings (SSSR count). The van der Waals surface area contributed by atoms with Gasteiger partial charge in [0, 0.05) is 43.8 Å². The first kappa shape index (κ1) is 13.8. The zero-order valence-electron chi connectivity index (χ0n) is 9.51. The van der Waals surface area contributed by atoms with Gasteiger partial charge < -0.3 is 0 Å². The molecule has 0 aliphatic rings. The molecule has 0 unspecified atom stereocenters. The fourth-order valence-electron chi connectivity index (χ4n) is 1.59. The third kappa shape index (κ3) is 3.32. The van der Waals surface area contributed by atoms with Crippen molar-refractivity contribution in [2.24, 2.45) is 0 Å². The van der Waals surface area contributed by atoms with Crippen LogP contribution in [0.4, 0.5) is 0 Å². The van der Waals surface area contributed by atoms with Gasteiger partial charge >= 0.3 is 0 Å². The normalized spacial score (nSPS) is 9.47. The number of Topliss-reactive ketones (excluding diaryl/α,β-unsaturated/α-hetero) is 1. The molecule has 0 saturated heterocycles. The second-order valence-electron chi connectivity index (χ2n) is 3.57. The number of nitrogens with zero attached hydrogens (tertiary/aromatic N) is 1. The van der Waals surface area contributed by atoms with Gasteiger partial charge in [0.25, 0.3) is 0 Å². The molecule has 0 amide bonds. The van der Waals surface area contributed by atoms with Crippen molar-refractivity contribution < 1.29 is 24.9 Å². The summed E-state index contributed by atoms with van der Waals surface area (Å²) in [6.45, 7) is 1.87. The minimum Gasteiger partial charge on any atom is -0.294 e. The summed E-state index contributed by atoms with van der Waals surface area (Å²) in [7, 11) is 0. The minimum atomic E-state index is 0. The molecule has 17 heavy (non-hydrogen) atoms. The SMILES string of the molecule is CCC(=O)c1cccc(-c2ccccn2)c1.[Ir]. The Kier molecular flexibility index (Phi) is 5.20. The molecule has 0 saturated carbocycles. The van der Waals surface area contributed by atoms with Crippen LogP contribution < -0.4 is 0 Å². The first-order valence-corrected chi connectivity index (χ1v) is 5.36. The molecular formula is C14H13IrNO. The summed E-state index contributed by atoms with van der Waals surface area (Å²) in [6.07, 6.45) is 2.29. The van der Waals surface area contributed by atoms with Gasteiger partial charge in [-0.25, -0.2) is 0 Å². The van der Waals surface area contributed by atoms with E-state index in [-0.39, 0.29) is 25.9 Å². The minimum absolute atomic E-state index is 0. The van der Waals surface area contributed by atoms with Gasteiger partial charge in [0.2, 0.25) is 0 Å². The molecule has 1 heterocycles. The average molecular weight is 403 g/mol. The Bertz CT molecular complexity index is 497. The van der Waals surface area contributed by atoms with Crippen LogP contribution >= 0.6 is 0 Å². The molecule has 3 heteroatoms. The van der Waals surface area contributed by atoms with E-state index in [1.165, 1.54) is 0 Å². The molecule has 0 aliphatic heterocycles. The van der Waals surface area contributed by atoms with Crippen LogP contribution in [0.2, 0.25) is 0 Å². The second kappa shape index (κ2) is 6.43. The number of carbonyl (C=O) groups is 1. The molecule has 0 spiro atoms. The van der Waals surface area contributed by atoms with Crippen molar-refractivity contribution in [1.29, 1.82) is 0 Å². The van der Waals surface area contributed by atoms with Gasteiger partial charge in [-0.15, -0.1) is 0 Å². The fraction of sp³-hybridized carbons (Fsp3) is 0.143. The number of rotatable bonds is 3. The number of aromatic nitrogens is 1. The molecule has 0 atom stereocenters. The molecule has 89 valence electrons. The summed E-state index contributed by atoms with van der Waals surface area (Å²) < 4.78 is 0. The van der Waals surface area contributed by atoms with Crippen LogP contribution in [0.3, 0.4) is 0 Å².